The van der Waals surface area contributed by atoms with Crippen LogP contribution >= 0.6 is 11.3 Å². The molecule has 2 aromatic rings. The van der Waals surface area contributed by atoms with E-state index < -0.39 is 0 Å². The number of anilines is 1. The van der Waals surface area contributed by atoms with Gasteiger partial charge in [0.25, 0.3) is 0 Å². The lowest BCUT2D eigenvalue weighted by Gasteiger charge is -2.52. The van der Waals surface area contributed by atoms with Crippen LogP contribution in [0.25, 0.3) is 0 Å². The Balaban J connectivity index is 1.36. The van der Waals surface area contributed by atoms with Crippen molar-refractivity contribution in [2.75, 3.05) is 5.32 Å². The van der Waals surface area contributed by atoms with Crippen LogP contribution in [0.2, 0.25) is 0 Å². The number of benzene rings is 1. The summed E-state index contributed by atoms with van der Waals surface area (Å²) >= 11 is 1.50. The van der Waals surface area contributed by atoms with Gasteiger partial charge in [-0.05, 0) is 97.8 Å². The summed E-state index contributed by atoms with van der Waals surface area (Å²) < 4.78 is 0. The number of thiazole rings is 1. The molecule has 7 heteroatoms. The van der Waals surface area contributed by atoms with Crippen molar-refractivity contribution in [1.82, 2.24) is 10.3 Å². The highest BCUT2D eigenvalue weighted by molar-refractivity contribution is 7.15. The first-order valence-electron chi connectivity index (χ1n) is 12.1. The monoisotopic (exact) mass is 467 g/mol. The zero-order chi connectivity index (χ0) is 23.2. The number of aromatic nitrogens is 1. The third-order valence-electron chi connectivity index (χ3n) is 8.73. The average Bonchev–Trinajstić information content (AvgIpc) is 3.32. The van der Waals surface area contributed by atoms with E-state index in [0.29, 0.717) is 41.0 Å². The summed E-state index contributed by atoms with van der Waals surface area (Å²) in [5, 5.41) is 16.7. The molecule has 176 valence electrons. The van der Waals surface area contributed by atoms with Crippen molar-refractivity contribution in [3.8, 4) is 5.75 Å². The average molecular weight is 468 g/mol. The Labute approximate surface area is 199 Å². The molecule has 33 heavy (non-hydrogen) atoms. The molecular formula is C26H33N3O3S. The zero-order valence-corrected chi connectivity index (χ0v) is 20.2. The molecular weight excluding hydrogens is 434 g/mol. The molecule has 2 fully saturated rings. The Morgan fingerprint density at radius 3 is 2.97 bits per heavy atom. The predicted octanol–water partition coefficient (Wildman–Crippen LogP) is 4.77. The molecule has 6 nitrogen and oxygen atoms in total. The fourth-order valence-corrected chi connectivity index (χ4v) is 8.09. The summed E-state index contributed by atoms with van der Waals surface area (Å²) in [7, 11) is 0. The van der Waals surface area contributed by atoms with Crippen molar-refractivity contribution in [3.63, 3.8) is 0 Å². The van der Waals surface area contributed by atoms with Crippen LogP contribution < -0.4 is 10.6 Å². The number of carbonyl (C=O) groups is 2. The van der Waals surface area contributed by atoms with Crippen molar-refractivity contribution in [2.45, 2.75) is 70.8 Å². The first-order valence-corrected chi connectivity index (χ1v) is 12.9. The fourth-order valence-electron chi connectivity index (χ4n) is 7.41. The lowest BCUT2D eigenvalue weighted by Crippen LogP contribution is -2.49. The summed E-state index contributed by atoms with van der Waals surface area (Å²) in [5.41, 5.74) is 2.74. The van der Waals surface area contributed by atoms with E-state index in [4.69, 9.17) is 0 Å². The number of aromatic hydroxyl groups is 1. The minimum Gasteiger partial charge on any atom is -0.508 e. The van der Waals surface area contributed by atoms with Crippen molar-refractivity contribution >= 4 is 28.8 Å². The quantitative estimate of drug-likeness (QED) is 0.534. The van der Waals surface area contributed by atoms with Gasteiger partial charge < -0.3 is 15.7 Å². The van der Waals surface area contributed by atoms with E-state index in [0.717, 1.165) is 49.8 Å². The zero-order valence-electron chi connectivity index (χ0n) is 19.3. The van der Waals surface area contributed by atoms with Crippen LogP contribution in [0, 0.1) is 30.1 Å². The van der Waals surface area contributed by atoms with Gasteiger partial charge in [-0.3, -0.25) is 9.59 Å². The van der Waals surface area contributed by atoms with Gasteiger partial charge in [0.1, 0.15) is 5.75 Å². The first kappa shape index (κ1) is 22.4. The largest absolute Gasteiger partial charge is 0.508 e. The van der Waals surface area contributed by atoms with Crippen LogP contribution in [-0.2, 0) is 16.0 Å². The standard InChI is InChI=1S/C26H33N3O3S/c1-15-13-27-25(33-15)29-23(32)8-4-17-12-22(28-14-30)26(2)10-9-20-19-7-5-18(31)11-16(19)3-6-21(20)24(17)26/h5,7,11,13-14,17,20-22,24,31H,3-4,6,8-10,12H2,1-2H3,(H,28,30)(H,27,29,32). The Morgan fingerprint density at radius 1 is 1.36 bits per heavy atom. The van der Waals surface area contributed by atoms with E-state index in [1.165, 1.54) is 22.5 Å². The van der Waals surface area contributed by atoms with E-state index in [1.807, 2.05) is 19.1 Å². The van der Waals surface area contributed by atoms with Crippen molar-refractivity contribution < 1.29 is 14.7 Å². The summed E-state index contributed by atoms with van der Waals surface area (Å²) in [5.74, 6) is 2.30. The third kappa shape index (κ3) is 4.05. The van der Waals surface area contributed by atoms with Crippen molar-refractivity contribution in [1.29, 1.82) is 0 Å². The number of nitrogens with zero attached hydrogens (tertiary/aromatic N) is 1. The summed E-state index contributed by atoms with van der Waals surface area (Å²) in [6.07, 6.45) is 9.17. The number of phenols is 1. The molecule has 2 saturated carbocycles. The lowest BCUT2D eigenvalue weighted by atomic mass is 9.53. The fraction of sp³-hybridized carbons (Fsp3) is 0.577. The van der Waals surface area contributed by atoms with Crippen LogP contribution in [-0.4, -0.2) is 28.4 Å². The molecule has 3 aliphatic carbocycles. The second-order valence-corrected chi connectivity index (χ2v) is 11.7. The minimum atomic E-state index is 0.0228. The maximum Gasteiger partial charge on any atom is 0.226 e. The number of amides is 2. The van der Waals surface area contributed by atoms with E-state index in [-0.39, 0.29) is 17.4 Å². The van der Waals surface area contributed by atoms with Gasteiger partial charge in [0.05, 0.1) is 0 Å². The predicted molar refractivity (Wildman–Crippen MR) is 129 cm³/mol. The second kappa shape index (κ2) is 8.75. The minimum absolute atomic E-state index is 0.0228. The topological polar surface area (TPSA) is 91.3 Å². The van der Waals surface area contributed by atoms with Gasteiger partial charge in [0.15, 0.2) is 5.13 Å². The van der Waals surface area contributed by atoms with Crippen molar-refractivity contribution in [3.05, 3.63) is 40.4 Å². The molecule has 0 aliphatic heterocycles. The number of hydrogen-bond donors (Lipinski definition) is 3. The van der Waals surface area contributed by atoms with Gasteiger partial charge in [-0.15, -0.1) is 11.3 Å². The Hall–Kier alpha value is -2.41. The highest BCUT2D eigenvalue weighted by Gasteiger charge is 2.58. The smallest absolute Gasteiger partial charge is 0.226 e. The van der Waals surface area contributed by atoms with E-state index in [9.17, 15) is 14.7 Å². The van der Waals surface area contributed by atoms with Gasteiger partial charge in [-0.1, -0.05) is 13.0 Å². The number of nitrogens with one attached hydrogen (secondary N) is 2. The number of rotatable bonds is 6. The molecule has 0 saturated heterocycles. The molecule has 6 unspecified atom stereocenters. The number of phenolic OH excluding ortho intramolecular Hbond substituents is 1. The molecule has 3 N–H and O–H groups in total. The van der Waals surface area contributed by atoms with E-state index in [2.05, 4.69) is 28.6 Å². The molecule has 1 aromatic heterocycles. The molecule has 1 aromatic carbocycles. The van der Waals surface area contributed by atoms with Crippen LogP contribution in [0.5, 0.6) is 5.75 Å². The number of carbonyl (C=O) groups excluding carboxylic acids is 2. The molecule has 3 aliphatic rings. The van der Waals surface area contributed by atoms with Gasteiger partial charge >= 0.3 is 0 Å². The van der Waals surface area contributed by atoms with Crippen LogP contribution in [0.3, 0.4) is 0 Å². The third-order valence-corrected chi connectivity index (χ3v) is 9.56. The molecule has 1 heterocycles. The number of aryl methyl sites for hydroxylation is 2. The molecule has 5 rings (SSSR count). The maximum absolute atomic E-state index is 12.7. The van der Waals surface area contributed by atoms with E-state index in [1.54, 1.807) is 6.20 Å². The molecule has 2 amide bonds. The summed E-state index contributed by atoms with van der Waals surface area (Å²) in [6.45, 7) is 4.34. The van der Waals surface area contributed by atoms with Crippen LogP contribution in [0.1, 0.15) is 67.4 Å². The van der Waals surface area contributed by atoms with Crippen LogP contribution in [0.15, 0.2) is 24.4 Å². The number of hydrogen-bond acceptors (Lipinski definition) is 5. The van der Waals surface area contributed by atoms with Gasteiger partial charge in [-0.25, -0.2) is 4.98 Å². The Bertz CT molecular complexity index is 1050. The van der Waals surface area contributed by atoms with Crippen LogP contribution in [0.4, 0.5) is 5.13 Å². The Morgan fingerprint density at radius 2 is 2.21 bits per heavy atom. The molecule has 6 atom stereocenters. The van der Waals surface area contributed by atoms with E-state index >= 15 is 0 Å². The first-order chi connectivity index (χ1) is 15.9. The van der Waals surface area contributed by atoms with Gasteiger partial charge in [-0.2, -0.15) is 0 Å². The molecule has 0 radical (unpaired) electrons. The number of fused-ring (bicyclic) bond motifs is 5. The molecule has 0 bridgehead atoms. The SMILES string of the molecule is Cc1cnc(NC(=O)CCC2CC(NC=O)C3(C)CCC4c5ccc(O)cc5CCC4C23)s1. The van der Waals surface area contributed by atoms with Crippen molar-refractivity contribution in [2.24, 2.45) is 23.2 Å². The maximum atomic E-state index is 12.7. The lowest BCUT2D eigenvalue weighted by molar-refractivity contribution is -0.116. The highest BCUT2D eigenvalue weighted by Crippen LogP contribution is 2.63. The summed E-state index contributed by atoms with van der Waals surface area (Å²) in [6, 6.07) is 6.05. The second-order valence-electron chi connectivity index (χ2n) is 10.5. The van der Waals surface area contributed by atoms with Gasteiger partial charge in [0.2, 0.25) is 12.3 Å². The highest BCUT2D eigenvalue weighted by atomic mass is 32.1. The van der Waals surface area contributed by atoms with Gasteiger partial charge in [0, 0.05) is 23.5 Å². The molecule has 0 spiro atoms. The summed E-state index contributed by atoms with van der Waals surface area (Å²) in [4.78, 5) is 29.4. The normalized spacial score (nSPS) is 32.4. The Kier molecular flexibility index (Phi) is 5.93.